The average molecular weight is 491 g/mol. The van der Waals surface area contributed by atoms with Gasteiger partial charge in [-0.1, -0.05) is 26.0 Å². The first-order valence-corrected chi connectivity index (χ1v) is 12.0. The molecular formula is C24H38N6O5. The van der Waals surface area contributed by atoms with Crippen molar-refractivity contribution < 1.29 is 24.6 Å². The van der Waals surface area contributed by atoms with Crippen molar-refractivity contribution in [1.82, 2.24) is 15.5 Å². The summed E-state index contributed by atoms with van der Waals surface area (Å²) in [5, 5.41) is 25.3. The summed E-state index contributed by atoms with van der Waals surface area (Å²) in [4.78, 5) is 44.2. The number of hydrogen-bond donors (Lipinski definition) is 6. The van der Waals surface area contributed by atoms with E-state index in [9.17, 15) is 24.6 Å². The number of phenols is 1. The monoisotopic (exact) mass is 490 g/mol. The number of benzene rings is 1. The lowest BCUT2D eigenvalue weighted by Crippen LogP contribution is -2.55. The van der Waals surface area contributed by atoms with E-state index in [1.165, 1.54) is 17.0 Å². The molecular weight excluding hydrogens is 452 g/mol. The fourth-order valence-electron chi connectivity index (χ4n) is 4.03. The molecule has 0 saturated carbocycles. The van der Waals surface area contributed by atoms with Crippen molar-refractivity contribution in [3.8, 4) is 5.75 Å². The summed E-state index contributed by atoms with van der Waals surface area (Å²) in [7, 11) is 0. The van der Waals surface area contributed by atoms with Gasteiger partial charge in [0.15, 0.2) is 5.96 Å². The van der Waals surface area contributed by atoms with E-state index in [0.29, 0.717) is 50.9 Å². The van der Waals surface area contributed by atoms with Gasteiger partial charge in [0.25, 0.3) is 0 Å². The van der Waals surface area contributed by atoms with Gasteiger partial charge in [-0.15, -0.1) is 0 Å². The van der Waals surface area contributed by atoms with Crippen molar-refractivity contribution in [2.75, 3.05) is 19.6 Å². The number of rotatable bonds is 12. The largest absolute Gasteiger partial charge is 0.508 e. The number of hydrogen-bond acceptors (Lipinski definition) is 6. The number of guanidine groups is 1. The average Bonchev–Trinajstić information content (AvgIpc) is 3.28. The topological polar surface area (TPSA) is 183 Å². The van der Waals surface area contributed by atoms with Crippen molar-refractivity contribution in [3.05, 3.63) is 29.8 Å². The lowest BCUT2D eigenvalue weighted by molar-refractivity contribution is -0.143. The number of carbonyl (C=O) groups is 3. The van der Waals surface area contributed by atoms with E-state index >= 15 is 0 Å². The van der Waals surface area contributed by atoms with Gasteiger partial charge in [0.1, 0.15) is 23.9 Å². The summed E-state index contributed by atoms with van der Waals surface area (Å²) in [5.74, 6) is -1.05. The number of carbonyl (C=O) groups excluding carboxylic acids is 3. The zero-order valence-corrected chi connectivity index (χ0v) is 20.4. The molecule has 3 atom stereocenters. The summed E-state index contributed by atoms with van der Waals surface area (Å²) in [5.41, 5.74) is 11.2. The number of aliphatic imine (C=N–C) groups is 1. The van der Waals surface area contributed by atoms with Crippen LogP contribution < -0.4 is 22.1 Å². The van der Waals surface area contributed by atoms with E-state index in [-0.39, 0.29) is 35.9 Å². The maximum atomic E-state index is 13.4. The quantitative estimate of drug-likeness (QED) is 0.131. The summed E-state index contributed by atoms with van der Waals surface area (Å²) < 4.78 is 0. The third-order valence-corrected chi connectivity index (χ3v) is 5.76. The zero-order valence-electron chi connectivity index (χ0n) is 20.4. The Bertz CT molecular complexity index is 885. The van der Waals surface area contributed by atoms with E-state index in [0.717, 1.165) is 0 Å². The SMILES string of the molecule is CC(C)C[C@@H](NC(=O)[C@H](O)Cc1ccc(O)cc1)C(=O)N1CCC[C@H]1C(=O)NCCCN=C(N)N. The third kappa shape index (κ3) is 9.08. The van der Waals surface area contributed by atoms with Crippen molar-refractivity contribution in [3.63, 3.8) is 0 Å². The molecule has 8 N–H and O–H groups in total. The van der Waals surface area contributed by atoms with Crippen LogP contribution >= 0.6 is 0 Å². The van der Waals surface area contributed by atoms with E-state index in [1.54, 1.807) is 12.1 Å². The number of amides is 3. The molecule has 11 nitrogen and oxygen atoms in total. The number of aromatic hydroxyl groups is 1. The number of nitrogens with zero attached hydrogens (tertiary/aromatic N) is 2. The Morgan fingerprint density at radius 3 is 2.51 bits per heavy atom. The maximum absolute atomic E-state index is 13.4. The van der Waals surface area contributed by atoms with Crippen LogP contribution in [-0.4, -0.2) is 76.6 Å². The third-order valence-electron chi connectivity index (χ3n) is 5.76. The predicted octanol–water partition coefficient (Wildman–Crippen LogP) is -0.403. The van der Waals surface area contributed by atoms with Gasteiger partial charge in [0.2, 0.25) is 17.7 Å². The number of phenolic OH excluding ortho intramolecular Hbond substituents is 1. The van der Waals surface area contributed by atoms with Gasteiger partial charge in [-0.25, -0.2) is 0 Å². The second-order valence-electron chi connectivity index (χ2n) is 9.22. The van der Waals surface area contributed by atoms with Crippen LogP contribution in [0.15, 0.2) is 29.3 Å². The number of likely N-dealkylation sites (tertiary alicyclic amines) is 1. The fourth-order valence-corrected chi connectivity index (χ4v) is 4.03. The molecule has 35 heavy (non-hydrogen) atoms. The molecule has 194 valence electrons. The molecule has 0 bridgehead atoms. The summed E-state index contributed by atoms with van der Waals surface area (Å²) in [6, 6.07) is 4.72. The number of aliphatic hydroxyl groups excluding tert-OH is 1. The lowest BCUT2D eigenvalue weighted by atomic mass is 10.0. The van der Waals surface area contributed by atoms with Crippen LogP contribution in [0.4, 0.5) is 0 Å². The molecule has 0 radical (unpaired) electrons. The second-order valence-corrected chi connectivity index (χ2v) is 9.22. The molecule has 1 aliphatic rings. The first-order chi connectivity index (χ1) is 16.6. The predicted molar refractivity (Wildman–Crippen MR) is 132 cm³/mol. The molecule has 1 aromatic rings. The van der Waals surface area contributed by atoms with Gasteiger partial charge < -0.3 is 37.2 Å². The highest BCUT2D eigenvalue weighted by molar-refractivity contribution is 5.93. The Hall–Kier alpha value is -3.34. The molecule has 11 heteroatoms. The van der Waals surface area contributed by atoms with Crippen molar-refractivity contribution in [2.45, 2.75) is 64.1 Å². The number of nitrogens with two attached hydrogens (primary N) is 2. The van der Waals surface area contributed by atoms with Gasteiger partial charge in [-0.2, -0.15) is 0 Å². The highest BCUT2D eigenvalue weighted by Crippen LogP contribution is 2.21. The molecule has 3 amide bonds. The van der Waals surface area contributed by atoms with E-state index in [2.05, 4.69) is 15.6 Å². The molecule has 1 saturated heterocycles. The summed E-state index contributed by atoms with van der Waals surface area (Å²) in [6.45, 7) is 5.06. The second kappa shape index (κ2) is 13.5. The van der Waals surface area contributed by atoms with Crippen LogP contribution in [0.5, 0.6) is 5.75 Å². The first kappa shape index (κ1) is 27.9. The van der Waals surface area contributed by atoms with Crippen molar-refractivity contribution in [2.24, 2.45) is 22.4 Å². The summed E-state index contributed by atoms with van der Waals surface area (Å²) in [6.07, 6.45) is 0.851. The maximum Gasteiger partial charge on any atom is 0.249 e. The van der Waals surface area contributed by atoms with Crippen molar-refractivity contribution >= 4 is 23.7 Å². The minimum Gasteiger partial charge on any atom is -0.508 e. The van der Waals surface area contributed by atoms with Gasteiger partial charge >= 0.3 is 0 Å². The molecule has 1 aromatic carbocycles. The minimum atomic E-state index is -1.36. The smallest absolute Gasteiger partial charge is 0.249 e. The molecule has 1 aliphatic heterocycles. The van der Waals surface area contributed by atoms with E-state index in [1.807, 2.05) is 13.8 Å². The normalized spacial score (nSPS) is 17.0. The van der Waals surface area contributed by atoms with Crippen LogP contribution in [0.3, 0.4) is 0 Å². The Morgan fingerprint density at radius 2 is 1.89 bits per heavy atom. The fraction of sp³-hybridized carbons (Fsp3) is 0.583. The Morgan fingerprint density at radius 1 is 1.20 bits per heavy atom. The first-order valence-electron chi connectivity index (χ1n) is 12.0. The molecule has 1 heterocycles. The minimum absolute atomic E-state index is 0.00434. The Labute approximate surface area is 206 Å². The van der Waals surface area contributed by atoms with Crippen LogP contribution in [-0.2, 0) is 20.8 Å². The van der Waals surface area contributed by atoms with Gasteiger partial charge in [0, 0.05) is 26.1 Å². The van der Waals surface area contributed by atoms with Gasteiger partial charge in [0.05, 0.1) is 0 Å². The Kier molecular flexibility index (Phi) is 10.8. The summed E-state index contributed by atoms with van der Waals surface area (Å²) >= 11 is 0. The molecule has 0 unspecified atom stereocenters. The zero-order chi connectivity index (χ0) is 26.0. The van der Waals surface area contributed by atoms with Gasteiger partial charge in [-0.3, -0.25) is 19.4 Å². The van der Waals surface area contributed by atoms with E-state index < -0.39 is 24.1 Å². The molecule has 2 rings (SSSR count). The highest BCUT2D eigenvalue weighted by atomic mass is 16.3. The van der Waals surface area contributed by atoms with Gasteiger partial charge in [-0.05, 0) is 49.3 Å². The molecule has 0 aromatic heterocycles. The van der Waals surface area contributed by atoms with Crippen LogP contribution in [0, 0.1) is 5.92 Å². The molecule has 1 fully saturated rings. The highest BCUT2D eigenvalue weighted by Gasteiger charge is 2.38. The number of nitrogens with one attached hydrogen (secondary N) is 2. The molecule has 0 aliphatic carbocycles. The molecule has 0 spiro atoms. The lowest BCUT2D eigenvalue weighted by Gasteiger charge is -2.30. The van der Waals surface area contributed by atoms with Crippen LogP contribution in [0.1, 0.15) is 45.1 Å². The van der Waals surface area contributed by atoms with Crippen LogP contribution in [0.25, 0.3) is 0 Å². The Balaban J connectivity index is 1.99. The number of aliphatic hydroxyl groups is 1. The van der Waals surface area contributed by atoms with E-state index in [4.69, 9.17) is 11.5 Å². The van der Waals surface area contributed by atoms with Crippen LogP contribution in [0.2, 0.25) is 0 Å². The van der Waals surface area contributed by atoms with Crippen molar-refractivity contribution in [1.29, 1.82) is 0 Å². The standard InChI is InChI=1S/C24H38N6O5/c1-15(2)13-18(29-22(34)20(32)14-16-6-8-17(31)9-7-16)23(35)30-12-3-5-19(30)21(33)27-10-4-11-28-24(25)26/h6-9,15,18-20,31-32H,3-5,10-14H2,1-2H3,(H,27,33)(H,29,34)(H4,25,26,28)/t18-,19+,20-/m1/s1.